The van der Waals surface area contributed by atoms with Crippen LogP contribution < -0.4 is 14.8 Å². The molecule has 0 bridgehead atoms. The average Bonchev–Trinajstić information content (AvgIpc) is 2.63. The van der Waals surface area contributed by atoms with Crippen LogP contribution in [-0.2, 0) is 10.0 Å². The summed E-state index contributed by atoms with van der Waals surface area (Å²) in [5, 5.41) is 2.88. The maximum Gasteiger partial charge on any atom is 0.263 e. The molecule has 2 N–H and O–H groups in total. The Kier molecular flexibility index (Phi) is 7.32. The van der Waals surface area contributed by atoms with E-state index in [1.165, 1.54) is 18.2 Å². The number of rotatable bonds is 8. The molecule has 152 valence electrons. The summed E-state index contributed by atoms with van der Waals surface area (Å²) in [6, 6.07) is 10.7. The molecule has 28 heavy (non-hydrogen) atoms. The highest BCUT2D eigenvalue weighted by Gasteiger charge is 2.21. The molecular weight excluding hydrogens is 400 g/mol. The molecule has 0 saturated heterocycles. The molecule has 0 spiro atoms. The van der Waals surface area contributed by atoms with Crippen molar-refractivity contribution in [2.45, 2.75) is 38.6 Å². The fourth-order valence-electron chi connectivity index (χ4n) is 2.30. The van der Waals surface area contributed by atoms with Gasteiger partial charge in [-0.25, -0.2) is 8.42 Å². The minimum atomic E-state index is -3.97. The third-order valence-corrected chi connectivity index (χ3v) is 6.12. The zero-order valence-electron chi connectivity index (χ0n) is 16.3. The molecule has 1 amide bonds. The highest BCUT2D eigenvalue weighted by atomic mass is 35.5. The molecular formula is C20H25ClN2O4S. The minimum Gasteiger partial charge on any atom is -0.494 e. The van der Waals surface area contributed by atoms with Gasteiger partial charge in [0.05, 0.1) is 11.6 Å². The van der Waals surface area contributed by atoms with Gasteiger partial charge in [0.1, 0.15) is 10.6 Å². The Morgan fingerprint density at radius 1 is 1.11 bits per heavy atom. The third-order valence-electron chi connectivity index (χ3n) is 4.26. The second kappa shape index (κ2) is 9.30. The van der Waals surface area contributed by atoms with Crippen molar-refractivity contribution in [2.24, 2.45) is 5.92 Å². The normalized spacial score (nSPS) is 12.5. The summed E-state index contributed by atoms with van der Waals surface area (Å²) in [5.41, 5.74) is 0.590. The van der Waals surface area contributed by atoms with Crippen molar-refractivity contribution in [3.05, 3.63) is 53.1 Å². The SMILES string of the molecule is CCOc1ccc(NS(=O)(=O)c2cc(C(=O)N[C@@H](C)C(C)C)ccc2Cl)cc1. The predicted octanol–water partition coefficient (Wildman–Crippen LogP) is 4.31. The van der Waals surface area contributed by atoms with E-state index in [-0.39, 0.29) is 33.3 Å². The van der Waals surface area contributed by atoms with E-state index in [1.54, 1.807) is 24.3 Å². The maximum atomic E-state index is 12.8. The van der Waals surface area contributed by atoms with Gasteiger partial charge in [0, 0.05) is 17.3 Å². The molecule has 0 radical (unpaired) electrons. The largest absolute Gasteiger partial charge is 0.494 e. The summed E-state index contributed by atoms with van der Waals surface area (Å²) in [6.45, 7) is 8.26. The number of ether oxygens (including phenoxy) is 1. The number of carbonyl (C=O) groups excluding carboxylic acids is 1. The Balaban J connectivity index is 2.26. The first-order valence-electron chi connectivity index (χ1n) is 9.00. The van der Waals surface area contributed by atoms with Gasteiger partial charge in [-0.3, -0.25) is 9.52 Å². The van der Waals surface area contributed by atoms with Crippen LogP contribution in [-0.4, -0.2) is 27.0 Å². The van der Waals surface area contributed by atoms with Crippen LogP contribution in [0.15, 0.2) is 47.4 Å². The van der Waals surface area contributed by atoms with E-state index in [0.717, 1.165) is 0 Å². The van der Waals surface area contributed by atoms with Crippen molar-refractivity contribution in [3.63, 3.8) is 0 Å². The predicted molar refractivity (Wildman–Crippen MR) is 112 cm³/mol. The molecule has 2 rings (SSSR count). The van der Waals surface area contributed by atoms with Crippen LogP contribution in [0.3, 0.4) is 0 Å². The number of nitrogens with one attached hydrogen (secondary N) is 2. The average molecular weight is 425 g/mol. The van der Waals surface area contributed by atoms with Crippen LogP contribution in [0.5, 0.6) is 5.75 Å². The monoisotopic (exact) mass is 424 g/mol. The lowest BCUT2D eigenvalue weighted by Crippen LogP contribution is -2.36. The minimum absolute atomic E-state index is 0.0342. The number of hydrogen-bond donors (Lipinski definition) is 2. The second-order valence-corrected chi connectivity index (χ2v) is 8.77. The van der Waals surface area contributed by atoms with Gasteiger partial charge in [0.2, 0.25) is 0 Å². The number of halogens is 1. The van der Waals surface area contributed by atoms with Crippen molar-refractivity contribution < 1.29 is 17.9 Å². The third kappa shape index (κ3) is 5.62. The quantitative estimate of drug-likeness (QED) is 0.661. The highest BCUT2D eigenvalue weighted by molar-refractivity contribution is 7.92. The molecule has 0 saturated carbocycles. The summed E-state index contributed by atoms with van der Waals surface area (Å²) in [5.74, 6) is 0.539. The number of hydrogen-bond acceptors (Lipinski definition) is 4. The van der Waals surface area contributed by atoms with Gasteiger partial charge in [-0.15, -0.1) is 0 Å². The Morgan fingerprint density at radius 2 is 1.75 bits per heavy atom. The standard InChI is InChI=1S/C20H25ClN2O4S/c1-5-27-17-9-7-16(8-10-17)23-28(25,26)19-12-15(6-11-18(19)21)20(24)22-14(4)13(2)3/h6-14,23H,5H2,1-4H3,(H,22,24)/t14-/m0/s1. The molecule has 0 aliphatic carbocycles. The van der Waals surface area contributed by atoms with Crippen molar-refractivity contribution in [1.29, 1.82) is 0 Å². The van der Waals surface area contributed by atoms with Crippen LogP contribution in [0.1, 0.15) is 38.1 Å². The molecule has 0 aliphatic rings. The van der Waals surface area contributed by atoms with Gasteiger partial charge in [0.25, 0.3) is 15.9 Å². The van der Waals surface area contributed by atoms with Gasteiger partial charge < -0.3 is 10.1 Å². The fourth-order valence-corrected chi connectivity index (χ4v) is 3.89. The number of sulfonamides is 1. The molecule has 0 aliphatic heterocycles. The van der Waals surface area contributed by atoms with E-state index in [0.29, 0.717) is 18.0 Å². The van der Waals surface area contributed by atoms with Crippen molar-refractivity contribution in [1.82, 2.24) is 5.32 Å². The summed E-state index contributed by atoms with van der Waals surface area (Å²) in [7, 11) is -3.97. The maximum absolute atomic E-state index is 12.8. The number of amides is 1. The number of anilines is 1. The van der Waals surface area contributed by atoms with Crippen LogP contribution in [0.25, 0.3) is 0 Å². The summed E-state index contributed by atoms with van der Waals surface area (Å²) >= 11 is 6.10. The first-order valence-corrected chi connectivity index (χ1v) is 10.9. The van der Waals surface area contributed by atoms with Crippen LogP contribution >= 0.6 is 11.6 Å². The van der Waals surface area contributed by atoms with E-state index in [9.17, 15) is 13.2 Å². The summed E-state index contributed by atoms with van der Waals surface area (Å²) < 4.78 is 33.4. The van der Waals surface area contributed by atoms with Crippen LogP contribution in [0.4, 0.5) is 5.69 Å². The molecule has 0 heterocycles. The molecule has 1 atom stereocenters. The highest BCUT2D eigenvalue weighted by Crippen LogP contribution is 2.26. The van der Waals surface area contributed by atoms with E-state index >= 15 is 0 Å². The van der Waals surface area contributed by atoms with Crippen molar-refractivity contribution in [3.8, 4) is 5.75 Å². The lowest BCUT2D eigenvalue weighted by atomic mass is 10.1. The number of carbonyl (C=O) groups is 1. The van der Waals surface area contributed by atoms with Gasteiger partial charge in [-0.05, 0) is 62.2 Å². The first-order chi connectivity index (χ1) is 13.1. The van der Waals surface area contributed by atoms with Crippen molar-refractivity contribution in [2.75, 3.05) is 11.3 Å². The number of benzene rings is 2. The Bertz CT molecular complexity index is 928. The molecule has 0 aromatic heterocycles. The van der Waals surface area contributed by atoms with Crippen LogP contribution in [0.2, 0.25) is 5.02 Å². The smallest absolute Gasteiger partial charge is 0.263 e. The first kappa shape index (κ1) is 22.0. The van der Waals surface area contributed by atoms with Gasteiger partial charge >= 0.3 is 0 Å². The second-order valence-electron chi connectivity index (χ2n) is 6.71. The van der Waals surface area contributed by atoms with Crippen LogP contribution in [0, 0.1) is 5.92 Å². The Hall–Kier alpha value is -2.25. The zero-order chi connectivity index (χ0) is 20.9. The zero-order valence-corrected chi connectivity index (χ0v) is 17.9. The van der Waals surface area contributed by atoms with Crippen molar-refractivity contribution >= 4 is 33.2 Å². The van der Waals surface area contributed by atoms with Gasteiger partial charge in [-0.2, -0.15) is 0 Å². The Labute approximate surface area is 171 Å². The van der Waals surface area contributed by atoms with E-state index in [2.05, 4.69) is 10.0 Å². The van der Waals surface area contributed by atoms with Gasteiger partial charge in [0.15, 0.2) is 0 Å². The molecule has 6 nitrogen and oxygen atoms in total. The van der Waals surface area contributed by atoms with E-state index in [1.807, 2.05) is 27.7 Å². The molecule has 0 unspecified atom stereocenters. The topological polar surface area (TPSA) is 84.5 Å². The fraction of sp³-hybridized carbons (Fsp3) is 0.350. The Morgan fingerprint density at radius 3 is 2.32 bits per heavy atom. The van der Waals surface area contributed by atoms with E-state index in [4.69, 9.17) is 16.3 Å². The lowest BCUT2D eigenvalue weighted by molar-refractivity contribution is 0.0930. The molecule has 0 fully saturated rings. The van der Waals surface area contributed by atoms with Gasteiger partial charge in [-0.1, -0.05) is 25.4 Å². The lowest BCUT2D eigenvalue weighted by Gasteiger charge is -2.18. The molecule has 8 heteroatoms. The molecule has 2 aromatic carbocycles. The summed E-state index contributed by atoms with van der Waals surface area (Å²) in [6.07, 6.45) is 0. The van der Waals surface area contributed by atoms with E-state index < -0.39 is 10.0 Å². The summed E-state index contributed by atoms with van der Waals surface area (Å²) in [4.78, 5) is 12.3. The molecule has 2 aromatic rings.